The minimum Gasteiger partial charge on any atom is -0.361 e. The van der Waals surface area contributed by atoms with E-state index in [9.17, 15) is 18.0 Å². The van der Waals surface area contributed by atoms with Crippen molar-refractivity contribution in [3.8, 4) is 0 Å². The van der Waals surface area contributed by atoms with Crippen LogP contribution in [0.25, 0.3) is 10.9 Å². The Labute approximate surface area is 185 Å². The Kier molecular flexibility index (Phi) is 6.29. The van der Waals surface area contributed by atoms with Crippen LogP contribution in [0.5, 0.6) is 0 Å². The van der Waals surface area contributed by atoms with E-state index in [0.717, 1.165) is 48.6 Å². The van der Waals surface area contributed by atoms with Crippen LogP contribution >= 0.6 is 0 Å². The normalized spacial score (nSPS) is 16.1. The summed E-state index contributed by atoms with van der Waals surface area (Å²) in [4.78, 5) is 17.3. The van der Waals surface area contributed by atoms with Crippen molar-refractivity contribution in [2.24, 2.45) is 5.92 Å². The van der Waals surface area contributed by atoms with Gasteiger partial charge in [0.25, 0.3) is 0 Å². The Morgan fingerprint density at radius 3 is 2.59 bits per heavy atom. The summed E-state index contributed by atoms with van der Waals surface area (Å²) >= 11 is 0. The number of amides is 1. The number of fused-ring (bicyclic) bond motifs is 1. The fraction of sp³-hybridized carbons (Fsp3) is 0.400. The van der Waals surface area contributed by atoms with Gasteiger partial charge in [-0.25, -0.2) is 0 Å². The number of nitrogens with one attached hydrogen (secondary N) is 2. The molecule has 0 radical (unpaired) electrons. The first-order valence-corrected chi connectivity index (χ1v) is 11.0. The Bertz CT molecular complexity index is 1100. The number of hydrogen-bond acceptors (Lipinski definition) is 2. The summed E-state index contributed by atoms with van der Waals surface area (Å²) in [6.07, 6.45) is -0.516. The third-order valence-corrected chi connectivity index (χ3v) is 6.23. The van der Waals surface area contributed by atoms with Crippen LogP contribution in [0, 0.1) is 5.92 Å². The average molecular weight is 444 g/mol. The van der Waals surface area contributed by atoms with Crippen molar-refractivity contribution >= 4 is 22.5 Å². The van der Waals surface area contributed by atoms with Gasteiger partial charge in [0.1, 0.15) is 0 Å². The number of carbonyl (C=O) groups is 1. The summed E-state index contributed by atoms with van der Waals surface area (Å²) in [5.41, 5.74) is 2.97. The quantitative estimate of drug-likeness (QED) is 0.496. The van der Waals surface area contributed by atoms with E-state index in [0.29, 0.717) is 18.0 Å². The highest BCUT2D eigenvalue weighted by molar-refractivity contribution is 5.92. The molecule has 1 fully saturated rings. The van der Waals surface area contributed by atoms with Gasteiger partial charge in [-0.3, -0.25) is 9.69 Å². The Morgan fingerprint density at radius 2 is 1.91 bits per heavy atom. The second kappa shape index (κ2) is 8.98. The number of piperidine rings is 1. The molecule has 32 heavy (non-hydrogen) atoms. The molecular formula is C25H28F3N3O. The summed E-state index contributed by atoms with van der Waals surface area (Å²) < 4.78 is 38.9. The number of H-pyrrole nitrogens is 1. The number of nitrogens with zero attached hydrogens (tertiary/aromatic N) is 1. The summed E-state index contributed by atoms with van der Waals surface area (Å²) in [6, 6.07) is 12.0. The predicted octanol–water partition coefficient (Wildman–Crippen LogP) is 6.16. The highest BCUT2D eigenvalue weighted by Crippen LogP contribution is 2.33. The minimum absolute atomic E-state index is 0.0121. The first-order valence-electron chi connectivity index (χ1n) is 11.0. The second-order valence-corrected chi connectivity index (χ2v) is 8.89. The molecule has 2 aromatic carbocycles. The van der Waals surface area contributed by atoms with Gasteiger partial charge in [0.2, 0.25) is 5.91 Å². The number of halogens is 3. The van der Waals surface area contributed by atoms with Crippen LogP contribution in [0.1, 0.15) is 49.3 Å². The molecule has 4 nitrogen and oxygen atoms in total. The van der Waals surface area contributed by atoms with Crippen molar-refractivity contribution in [3.05, 3.63) is 65.4 Å². The molecule has 7 heteroatoms. The number of aromatic nitrogens is 1. The molecule has 1 aromatic heterocycles. The molecule has 2 heterocycles. The van der Waals surface area contributed by atoms with Crippen molar-refractivity contribution in [3.63, 3.8) is 0 Å². The number of aromatic amines is 1. The van der Waals surface area contributed by atoms with E-state index in [1.165, 1.54) is 11.6 Å². The van der Waals surface area contributed by atoms with E-state index in [-0.39, 0.29) is 11.8 Å². The topological polar surface area (TPSA) is 48.1 Å². The van der Waals surface area contributed by atoms with Gasteiger partial charge in [-0.15, -0.1) is 0 Å². The Balaban J connectivity index is 1.38. The Morgan fingerprint density at radius 1 is 1.16 bits per heavy atom. The molecule has 1 saturated heterocycles. The minimum atomic E-state index is -4.34. The first-order chi connectivity index (χ1) is 15.2. The monoisotopic (exact) mass is 443 g/mol. The average Bonchev–Trinajstić information content (AvgIpc) is 3.16. The van der Waals surface area contributed by atoms with Gasteiger partial charge in [0, 0.05) is 35.2 Å². The molecular weight excluding hydrogens is 415 g/mol. The van der Waals surface area contributed by atoms with E-state index in [2.05, 4.69) is 27.3 Å². The van der Waals surface area contributed by atoms with Crippen molar-refractivity contribution in [2.45, 2.75) is 45.3 Å². The van der Waals surface area contributed by atoms with Gasteiger partial charge < -0.3 is 10.3 Å². The molecule has 4 rings (SSSR count). The van der Waals surface area contributed by atoms with Crippen molar-refractivity contribution in [2.75, 3.05) is 18.4 Å². The van der Waals surface area contributed by atoms with Crippen molar-refractivity contribution < 1.29 is 18.0 Å². The second-order valence-electron chi connectivity index (χ2n) is 8.89. The maximum absolute atomic E-state index is 13.0. The van der Waals surface area contributed by atoms with Gasteiger partial charge in [-0.05, 0) is 67.2 Å². The highest BCUT2D eigenvalue weighted by atomic mass is 19.4. The SMILES string of the molecule is CC(C)C(=O)Nc1cccc(C2CCN(Cc3c[nH]c4cc(C(F)(F)F)ccc34)CC2)c1. The molecule has 0 bridgehead atoms. The number of benzene rings is 2. The number of carbonyl (C=O) groups excluding carboxylic acids is 1. The fourth-order valence-corrected chi connectivity index (χ4v) is 4.32. The fourth-order valence-electron chi connectivity index (χ4n) is 4.32. The molecule has 1 amide bonds. The largest absolute Gasteiger partial charge is 0.416 e. The maximum Gasteiger partial charge on any atom is 0.416 e. The lowest BCUT2D eigenvalue weighted by Gasteiger charge is -2.32. The zero-order chi connectivity index (χ0) is 22.9. The molecule has 0 spiro atoms. The number of alkyl halides is 3. The number of likely N-dealkylation sites (tertiary alicyclic amines) is 1. The van der Waals surface area contributed by atoms with E-state index in [4.69, 9.17) is 0 Å². The van der Waals surface area contributed by atoms with Crippen LogP contribution in [-0.2, 0) is 17.5 Å². The number of anilines is 1. The molecule has 2 N–H and O–H groups in total. The van der Waals surface area contributed by atoms with E-state index >= 15 is 0 Å². The van der Waals surface area contributed by atoms with Crippen LogP contribution in [0.15, 0.2) is 48.7 Å². The third kappa shape index (κ3) is 4.99. The number of rotatable bonds is 5. The summed E-state index contributed by atoms with van der Waals surface area (Å²) in [6.45, 7) is 6.29. The molecule has 3 aromatic rings. The van der Waals surface area contributed by atoms with Crippen LogP contribution in [0.2, 0.25) is 0 Å². The molecule has 0 aliphatic carbocycles. The molecule has 0 unspecified atom stereocenters. The van der Waals surface area contributed by atoms with Gasteiger partial charge in [-0.1, -0.05) is 32.0 Å². The van der Waals surface area contributed by atoms with Gasteiger partial charge in [-0.2, -0.15) is 13.2 Å². The number of hydrogen-bond donors (Lipinski definition) is 2. The van der Waals surface area contributed by atoms with Gasteiger partial charge in [0.15, 0.2) is 0 Å². The van der Waals surface area contributed by atoms with Crippen LogP contribution in [0.3, 0.4) is 0 Å². The zero-order valence-electron chi connectivity index (χ0n) is 18.3. The van der Waals surface area contributed by atoms with E-state index < -0.39 is 11.7 Å². The van der Waals surface area contributed by atoms with Gasteiger partial charge in [0.05, 0.1) is 5.56 Å². The van der Waals surface area contributed by atoms with Crippen LogP contribution < -0.4 is 5.32 Å². The van der Waals surface area contributed by atoms with Crippen LogP contribution in [-0.4, -0.2) is 28.9 Å². The highest BCUT2D eigenvalue weighted by Gasteiger charge is 2.31. The lowest BCUT2D eigenvalue weighted by molar-refractivity contribution is -0.137. The molecule has 1 aliphatic heterocycles. The zero-order valence-corrected chi connectivity index (χ0v) is 18.3. The Hall–Kier alpha value is -2.80. The summed E-state index contributed by atoms with van der Waals surface area (Å²) in [5.74, 6) is 0.379. The lowest BCUT2D eigenvalue weighted by atomic mass is 9.89. The predicted molar refractivity (Wildman–Crippen MR) is 120 cm³/mol. The summed E-state index contributed by atoms with van der Waals surface area (Å²) in [5, 5.41) is 3.81. The summed E-state index contributed by atoms with van der Waals surface area (Å²) in [7, 11) is 0. The third-order valence-electron chi connectivity index (χ3n) is 6.23. The van der Waals surface area contributed by atoms with E-state index in [1.54, 1.807) is 6.07 Å². The van der Waals surface area contributed by atoms with Crippen molar-refractivity contribution in [1.82, 2.24) is 9.88 Å². The van der Waals surface area contributed by atoms with Crippen molar-refractivity contribution in [1.29, 1.82) is 0 Å². The molecule has 0 atom stereocenters. The molecule has 0 saturated carbocycles. The maximum atomic E-state index is 13.0. The first kappa shape index (κ1) is 22.4. The van der Waals surface area contributed by atoms with Gasteiger partial charge >= 0.3 is 6.18 Å². The standard InChI is InChI=1S/C25H28F3N3O/c1-16(2)24(32)30-21-5-3-4-18(12-21)17-8-10-31(11-9-17)15-19-14-29-23-13-20(25(26,27)28)6-7-22(19)23/h3-7,12-14,16-17,29H,8-11,15H2,1-2H3,(H,30,32). The molecule has 170 valence electrons. The lowest BCUT2D eigenvalue weighted by Crippen LogP contribution is -2.32. The molecule has 1 aliphatic rings. The smallest absolute Gasteiger partial charge is 0.361 e. The van der Waals surface area contributed by atoms with E-state index in [1.807, 2.05) is 32.2 Å². The van der Waals surface area contributed by atoms with Crippen LogP contribution in [0.4, 0.5) is 18.9 Å².